The Morgan fingerprint density at radius 2 is 1.84 bits per heavy atom. The number of carbonyl (C=O) groups is 1. The molecule has 31 heavy (non-hydrogen) atoms. The Hall–Kier alpha value is -3.64. The second-order valence-corrected chi connectivity index (χ2v) is 6.91. The molecule has 2 aromatic carbocycles. The topological polar surface area (TPSA) is 72.8 Å². The molecule has 7 heteroatoms. The molecule has 0 unspecified atom stereocenters. The molecule has 0 spiro atoms. The molecule has 0 radical (unpaired) electrons. The minimum Gasteiger partial charge on any atom is -0.472 e. The molecular weight excluding hydrogens is 414 g/mol. The summed E-state index contributed by atoms with van der Waals surface area (Å²) < 4.78 is 5.85. The summed E-state index contributed by atoms with van der Waals surface area (Å²) in [6.07, 6.45) is 1.67. The molecule has 1 aromatic heterocycles. The Bertz CT molecular complexity index is 1110. The van der Waals surface area contributed by atoms with Gasteiger partial charge >= 0.3 is 0 Å². The largest absolute Gasteiger partial charge is 0.472 e. The summed E-state index contributed by atoms with van der Waals surface area (Å²) >= 11 is 6.42. The predicted octanol–water partition coefficient (Wildman–Crippen LogP) is 4.47. The fourth-order valence-electron chi connectivity index (χ4n) is 2.95. The molecule has 158 valence electrons. The van der Waals surface area contributed by atoms with Crippen molar-refractivity contribution in [3.63, 3.8) is 0 Å². The lowest BCUT2D eigenvalue weighted by Gasteiger charge is -2.13. The molecule has 3 aromatic rings. The number of amides is 1. The van der Waals surface area contributed by atoms with Gasteiger partial charge in [0.15, 0.2) is 5.71 Å². The summed E-state index contributed by atoms with van der Waals surface area (Å²) in [4.78, 5) is 21.4. The summed E-state index contributed by atoms with van der Waals surface area (Å²) in [7, 11) is 2.91. The average molecular weight is 436 g/mol. The zero-order valence-corrected chi connectivity index (χ0v) is 18.0. The van der Waals surface area contributed by atoms with Crippen molar-refractivity contribution in [2.24, 2.45) is 5.16 Å². The Morgan fingerprint density at radius 1 is 1.13 bits per heavy atom. The third kappa shape index (κ3) is 5.29. The van der Waals surface area contributed by atoms with Gasteiger partial charge in [0.2, 0.25) is 5.88 Å². The van der Waals surface area contributed by atoms with Gasteiger partial charge < -0.3 is 14.9 Å². The van der Waals surface area contributed by atoms with E-state index in [0.717, 1.165) is 22.3 Å². The van der Waals surface area contributed by atoms with E-state index in [1.165, 1.54) is 14.2 Å². The molecule has 0 aliphatic heterocycles. The van der Waals surface area contributed by atoms with Crippen LogP contribution in [-0.2, 0) is 16.2 Å². The van der Waals surface area contributed by atoms with Crippen LogP contribution in [0.3, 0.4) is 0 Å². The molecule has 0 saturated carbocycles. The lowest BCUT2D eigenvalue weighted by molar-refractivity contribution is -0.114. The predicted molar refractivity (Wildman–Crippen MR) is 122 cm³/mol. The number of likely N-dealkylation sites (N-methyl/N-ethyl adjacent to an activating group) is 1. The normalized spacial score (nSPS) is 11.0. The quantitative estimate of drug-likeness (QED) is 0.418. The number of rotatable bonds is 8. The van der Waals surface area contributed by atoms with Gasteiger partial charge in [-0.05, 0) is 22.8 Å². The van der Waals surface area contributed by atoms with Crippen molar-refractivity contribution >= 4 is 28.8 Å². The second-order valence-electron chi connectivity index (χ2n) is 6.50. The van der Waals surface area contributed by atoms with Gasteiger partial charge in [0.05, 0.1) is 0 Å². The second kappa shape index (κ2) is 10.4. The van der Waals surface area contributed by atoms with Crippen molar-refractivity contribution in [1.29, 1.82) is 0 Å². The van der Waals surface area contributed by atoms with Crippen molar-refractivity contribution in [3.8, 4) is 5.88 Å². The smallest absolute Gasteiger partial charge is 0.273 e. The van der Waals surface area contributed by atoms with E-state index in [9.17, 15) is 4.79 Å². The van der Waals surface area contributed by atoms with Gasteiger partial charge in [-0.1, -0.05) is 77.9 Å². The highest BCUT2D eigenvalue weighted by Crippen LogP contribution is 2.29. The number of nitrogens with one attached hydrogen (secondary N) is 1. The lowest BCUT2D eigenvalue weighted by Crippen LogP contribution is -2.29. The Balaban J connectivity index is 1.80. The summed E-state index contributed by atoms with van der Waals surface area (Å²) in [5.41, 5.74) is 4.09. The number of hydrogen-bond donors (Lipinski definition) is 1. The molecule has 0 bridgehead atoms. The molecule has 1 N–H and O–H groups in total. The first kappa shape index (κ1) is 22.1. The number of oxime groups is 1. The van der Waals surface area contributed by atoms with Crippen molar-refractivity contribution in [1.82, 2.24) is 10.3 Å². The average Bonchev–Trinajstić information content (AvgIpc) is 2.81. The van der Waals surface area contributed by atoms with Crippen molar-refractivity contribution in [2.75, 3.05) is 14.2 Å². The minimum absolute atomic E-state index is 0.140. The van der Waals surface area contributed by atoms with Crippen LogP contribution < -0.4 is 10.1 Å². The Morgan fingerprint density at radius 3 is 2.52 bits per heavy atom. The van der Waals surface area contributed by atoms with Gasteiger partial charge in [-0.2, -0.15) is 0 Å². The van der Waals surface area contributed by atoms with E-state index < -0.39 is 0 Å². The van der Waals surface area contributed by atoms with Crippen LogP contribution in [0.2, 0.25) is 5.02 Å². The number of hydrogen-bond acceptors (Lipinski definition) is 5. The van der Waals surface area contributed by atoms with E-state index in [1.54, 1.807) is 18.3 Å². The number of aromatic nitrogens is 1. The minimum atomic E-state index is -0.366. The third-order valence-electron chi connectivity index (χ3n) is 4.54. The van der Waals surface area contributed by atoms with Gasteiger partial charge in [0.1, 0.15) is 18.7 Å². The molecule has 0 atom stereocenters. The van der Waals surface area contributed by atoms with Crippen LogP contribution in [0.4, 0.5) is 0 Å². The van der Waals surface area contributed by atoms with E-state index in [2.05, 4.69) is 22.0 Å². The molecular formula is C24H22ClN3O3. The number of benzene rings is 2. The number of halogens is 1. The van der Waals surface area contributed by atoms with Crippen LogP contribution in [-0.4, -0.2) is 30.8 Å². The molecule has 0 aliphatic carbocycles. The number of ether oxygens (including phenoxy) is 1. The van der Waals surface area contributed by atoms with E-state index in [4.69, 9.17) is 21.2 Å². The maximum absolute atomic E-state index is 12.2. The summed E-state index contributed by atoms with van der Waals surface area (Å²) in [5, 5.41) is 6.78. The van der Waals surface area contributed by atoms with Crippen molar-refractivity contribution in [3.05, 3.63) is 101 Å². The van der Waals surface area contributed by atoms with Crippen LogP contribution in [0.1, 0.15) is 22.3 Å². The highest BCUT2D eigenvalue weighted by atomic mass is 35.5. The van der Waals surface area contributed by atoms with Crippen molar-refractivity contribution in [2.45, 2.75) is 6.61 Å². The lowest BCUT2D eigenvalue weighted by atomic mass is 10.0. The maximum atomic E-state index is 12.2. The van der Waals surface area contributed by atoms with Crippen molar-refractivity contribution < 1.29 is 14.4 Å². The highest BCUT2D eigenvalue weighted by molar-refractivity contribution is 6.45. The SMILES string of the molecule is C=C(c1ccccc1)c1cnc(OCc2ccccc2C(=NOC)C(=O)NC)c(Cl)c1. The third-order valence-corrected chi connectivity index (χ3v) is 4.81. The first-order valence-corrected chi connectivity index (χ1v) is 9.87. The van der Waals surface area contributed by atoms with Gasteiger partial charge in [-0.25, -0.2) is 4.98 Å². The van der Waals surface area contributed by atoms with Crippen LogP contribution >= 0.6 is 11.6 Å². The number of pyridine rings is 1. The van der Waals surface area contributed by atoms with Gasteiger partial charge in [0.25, 0.3) is 5.91 Å². The molecule has 1 heterocycles. The monoisotopic (exact) mass is 435 g/mol. The first-order chi connectivity index (χ1) is 15.0. The van der Waals surface area contributed by atoms with Crippen LogP contribution in [0.25, 0.3) is 5.57 Å². The fraction of sp³-hybridized carbons (Fsp3) is 0.125. The zero-order chi connectivity index (χ0) is 22.2. The van der Waals surface area contributed by atoms with E-state index in [-0.39, 0.29) is 24.1 Å². The van der Waals surface area contributed by atoms with Gasteiger partial charge in [-0.3, -0.25) is 4.79 Å². The molecule has 1 amide bonds. The van der Waals surface area contributed by atoms with Crippen LogP contribution in [0, 0.1) is 0 Å². The fourth-order valence-corrected chi connectivity index (χ4v) is 3.17. The van der Waals surface area contributed by atoms with E-state index >= 15 is 0 Å². The number of nitrogens with zero attached hydrogens (tertiary/aromatic N) is 2. The van der Waals surface area contributed by atoms with Crippen LogP contribution in [0.15, 0.2) is 78.6 Å². The molecule has 6 nitrogen and oxygen atoms in total. The number of carbonyl (C=O) groups excluding carboxylic acids is 1. The summed E-state index contributed by atoms with van der Waals surface area (Å²) in [6.45, 7) is 4.27. The summed E-state index contributed by atoms with van der Waals surface area (Å²) in [5.74, 6) is -0.0829. The van der Waals surface area contributed by atoms with Gasteiger partial charge in [-0.15, -0.1) is 0 Å². The molecule has 3 rings (SSSR count). The molecule has 0 aliphatic rings. The van der Waals surface area contributed by atoms with E-state index in [1.807, 2.05) is 48.5 Å². The Kier molecular flexibility index (Phi) is 7.40. The van der Waals surface area contributed by atoms with Gasteiger partial charge in [0, 0.05) is 24.4 Å². The first-order valence-electron chi connectivity index (χ1n) is 9.49. The molecule has 0 fully saturated rings. The van der Waals surface area contributed by atoms with Crippen LogP contribution in [0.5, 0.6) is 5.88 Å². The standard InChI is InChI=1S/C24H22ClN3O3/c1-16(17-9-5-4-6-10-17)19-13-21(25)24(27-14-19)31-15-18-11-7-8-12-20(18)22(28-30-3)23(29)26-2/h4-14H,1,15H2,2-3H3,(H,26,29). The maximum Gasteiger partial charge on any atom is 0.273 e. The zero-order valence-electron chi connectivity index (χ0n) is 17.3. The van der Waals surface area contributed by atoms with E-state index in [0.29, 0.717) is 10.6 Å². The molecule has 0 saturated heterocycles. The summed E-state index contributed by atoms with van der Waals surface area (Å²) in [6, 6.07) is 18.8. The Labute approximate surface area is 186 Å². The highest BCUT2D eigenvalue weighted by Gasteiger charge is 2.18.